The van der Waals surface area contributed by atoms with E-state index < -0.39 is 5.60 Å². The normalized spacial score (nSPS) is 18.9. The van der Waals surface area contributed by atoms with Gasteiger partial charge in [-0.25, -0.2) is 4.79 Å². The molecule has 0 saturated carbocycles. The van der Waals surface area contributed by atoms with Gasteiger partial charge in [-0.2, -0.15) is 0 Å². The Balaban J connectivity index is 1.91. The van der Waals surface area contributed by atoms with E-state index in [0.717, 1.165) is 19.4 Å². The number of likely N-dealkylation sites (tertiary alicyclic amines) is 1. The van der Waals surface area contributed by atoms with Crippen LogP contribution in [0, 0.1) is 0 Å². The molecule has 0 spiro atoms. The lowest BCUT2D eigenvalue weighted by Crippen LogP contribution is -2.50. The number of ether oxygens (including phenoxy) is 1. The summed E-state index contributed by atoms with van der Waals surface area (Å²) in [6, 6.07) is 5.40. The van der Waals surface area contributed by atoms with Gasteiger partial charge in [-0.3, -0.25) is 14.7 Å². The second-order valence-electron chi connectivity index (χ2n) is 7.26. The number of rotatable bonds is 4. The quantitative estimate of drug-likeness (QED) is 0.793. The van der Waals surface area contributed by atoms with E-state index in [2.05, 4.69) is 9.88 Å². The van der Waals surface area contributed by atoms with E-state index in [4.69, 9.17) is 4.74 Å². The zero-order valence-corrected chi connectivity index (χ0v) is 15.0. The number of piperidine rings is 1. The molecule has 1 fully saturated rings. The van der Waals surface area contributed by atoms with Crippen LogP contribution in [0.3, 0.4) is 0 Å². The van der Waals surface area contributed by atoms with E-state index in [1.165, 1.54) is 0 Å². The molecule has 6 nitrogen and oxygen atoms in total. The molecule has 1 amide bonds. The van der Waals surface area contributed by atoms with Crippen molar-refractivity contribution in [3.05, 3.63) is 30.1 Å². The third-order valence-electron chi connectivity index (χ3n) is 4.03. The molecule has 1 aromatic heterocycles. The van der Waals surface area contributed by atoms with Crippen molar-refractivity contribution in [2.45, 2.75) is 45.3 Å². The van der Waals surface area contributed by atoms with E-state index >= 15 is 0 Å². The number of hydrogen-bond donors (Lipinski definition) is 0. The molecule has 1 atom stereocenters. The predicted molar refractivity (Wildman–Crippen MR) is 92.0 cm³/mol. The van der Waals surface area contributed by atoms with Crippen molar-refractivity contribution in [3.8, 4) is 0 Å². The molecular weight excluding hydrogens is 306 g/mol. The number of Topliss-reactive ketones (excluding diaryl/α,β-unsaturated/α-hetero) is 1. The third kappa shape index (κ3) is 5.30. The van der Waals surface area contributed by atoms with Gasteiger partial charge < -0.3 is 9.64 Å². The SMILES string of the molecule is CN(C(=O)OC(C)(C)C)[C@H]1CCCN(CC(=O)c2ccccn2)C1. The molecule has 1 saturated heterocycles. The van der Waals surface area contributed by atoms with Gasteiger partial charge in [0, 0.05) is 25.8 Å². The minimum absolute atomic E-state index is 0.0103. The Labute approximate surface area is 143 Å². The molecule has 1 aliphatic rings. The first kappa shape index (κ1) is 18.4. The minimum atomic E-state index is -0.505. The average molecular weight is 333 g/mol. The van der Waals surface area contributed by atoms with Crippen molar-refractivity contribution in [2.75, 3.05) is 26.7 Å². The number of carbonyl (C=O) groups excluding carboxylic acids is 2. The van der Waals surface area contributed by atoms with Gasteiger partial charge in [0.1, 0.15) is 11.3 Å². The smallest absolute Gasteiger partial charge is 0.410 e. The molecule has 1 aliphatic heterocycles. The molecule has 6 heteroatoms. The van der Waals surface area contributed by atoms with E-state index in [1.54, 1.807) is 30.3 Å². The summed E-state index contributed by atoms with van der Waals surface area (Å²) in [4.78, 5) is 32.4. The van der Waals surface area contributed by atoms with E-state index in [-0.39, 0.29) is 17.9 Å². The van der Waals surface area contributed by atoms with Gasteiger partial charge >= 0.3 is 6.09 Å². The summed E-state index contributed by atoms with van der Waals surface area (Å²) in [5.74, 6) is 0.0103. The molecule has 0 radical (unpaired) electrons. The molecule has 2 heterocycles. The summed E-state index contributed by atoms with van der Waals surface area (Å²) in [6.07, 6.45) is 3.19. The number of carbonyl (C=O) groups is 2. The first-order valence-electron chi connectivity index (χ1n) is 8.38. The Kier molecular flexibility index (Phi) is 5.94. The van der Waals surface area contributed by atoms with Crippen LogP contribution in [-0.4, -0.2) is 65.0 Å². The highest BCUT2D eigenvalue weighted by Crippen LogP contribution is 2.18. The maximum Gasteiger partial charge on any atom is 0.410 e. The van der Waals surface area contributed by atoms with Crippen molar-refractivity contribution in [3.63, 3.8) is 0 Å². The molecule has 2 rings (SSSR count). The number of likely N-dealkylation sites (N-methyl/N-ethyl adjacent to an activating group) is 1. The zero-order chi connectivity index (χ0) is 17.7. The van der Waals surface area contributed by atoms with Crippen LogP contribution in [0.2, 0.25) is 0 Å². The summed E-state index contributed by atoms with van der Waals surface area (Å²) < 4.78 is 5.43. The fourth-order valence-corrected chi connectivity index (χ4v) is 2.79. The predicted octanol–water partition coefficient (Wildman–Crippen LogP) is 2.60. The third-order valence-corrected chi connectivity index (χ3v) is 4.03. The van der Waals surface area contributed by atoms with Gasteiger partial charge in [-0.05, 0) is 52.3 Å². The highest BCUT2D eigenvalue weighted by molar-refractivity contribution is 5.95. The Morgan fingerprint density at radius 1 is 1.38 bits per heavy atom. The summed E-state index contributed by atoms with van der Waals surface area (Å²) >= 11 is 0. The Hall–Kier alpha value is -1.95. The van der Waals surface area contributed by atoms with Crippen molar-refractivity contribution >= 4 is 11.9 Å². The molecule has 0 aromatic carbocycles. The maximum atomic E-state index is 12.3. The van der Waals surface area contributed by atoms with E-state index in [9.17, 15) is 9.59 Å². The minimum Gasteiger partial charge on any atom is -0.444 e. The molecule has 24 heavy (non-hydrogen) atoms. The van der Waals surface area contributed by atoms with Crippen LogP contribution in [0.5, 0.6) is 0 Å². The fourth-order valence-electron chi connectivity index (χ4n) is 2.79. The molecule has 0 aliphatic carbocycles. The summed E-state index contributed by atoms with van der Waals surface area (Å²) in [7, 11) is 1.77. The van der Waals surface area contributed by atoms with Crippen molar-refractivity contribution < 1.29 is 14.3 Å². The molecule has 0 unspecified atom stereocenters. The lowest BCUT2D eigenvalue weighted by Gasteiger charge is -2.37. The molecule has 1 aromatic rings. The fraction of sp³-hybridized carbons (Fsp3) is 0.611. The highest BCUT2D eigenvalue weighted by atomic mass is 16.6. The summed E-state index contributed by atoms with van der Waals surface area (Å²) in [5.41, 5.74) is -0.0191. The summed E-state index contributed by atoms with van der Waals surface area (Å²) in [6.45, 7) is 7.44. The van der Waals surface area contributed by atoms with Crippen LogP contribution < -0.4 is 0 Å². The van der Waals surface area contributed by atoms with Gasteiger partial charge in [0.15, 0.2) is 5.78 Å². The first-order chi connectivity index (χ1) is 11.3. The largest absolute Gasteiger partial charge is 0.444 e. The Morgan fingerprint density at radius 3 is 2.75 bits per heavy atom. The average Bonchev–Trinajstić information content (AvgIpc) is 2.53. The van der Waals surface area contributed by atoms with E-state index in [1.807, 2.05) is 26.8 Å². The number of amides is 1. The van der Waals surface area contributed by atoms with Crippen LogP contribution in [0.1, 0.15) is 44.1 Å². The number of ketones is 1. The highest BCUT2D eigenvalue weighted by Gasteiger charge is 2.29. The van der Waals surface area contributed by atoms with Gasteiger partial charge in [0.25, 0.3) is 0 Å². The molecule has 0 bridgehead atoms. The zero-order valence-electron chi connectivity index (χ0n) is 15.0. The maximum absolute atomic E-state index is 12.3. The lowest BCUT2D eigenvalue weighted by molar-refractivity contribution is 0.0138. The first-order valence-corrected chi connectivity index (χ1v) is 8.38. The van der Waals surface area contributed by atoms with Crippen LogP contribution in [0.25, 0.3) is 0 Å². The van der Waals surface area contributed by atoms with Gasteiger partial charge in [-0.15, -0.1) is 0 Å². The molecule has 132 valence electrons. The van der Waals surface area contributed by atoms with Crippen LogP contribution in [-0.2, 0) is 4.74 Å². The Morgan fingerprint density at radius 2 is 2.12 bits per heavy atom. The van der Waals surface area contributed by atoms with Gasteiger partial charge in [0.2, 0.25) is 0 Å². The topological polar surface area (TPSA) is 62.7 Å². The van der Waals surface area contributed by atoms with Crippen LogP contribution >= 0.6 is 0 Å². The van der Waals surface area contributed by atoms with E-state index in [0.29, 0.717) is 18.8 Å². The summed E-state index contributed by atoms with van der Waals surface area (Å²) in [5, 5.41) is 0. The standard InChI is InChI=1S/C18H27N3O3/c1-18(2,3)24-17(23)20(4)14-8-7-11-21(12-14)13-16(22)15-9-5-6-10-19-15/h5-6,9-10,14H,7-8,11-13H2,1-4H3/t14-/m0/s1. The number of nitrogens with zero attached hydrogens (tertiary/aromatic N) is 3. The monoisotopic (exact) mass is 333 g/mol. The number of aromatic nitrogens is 1. The van der Waals surface area contributed by atoms with Crippen molar-refractivity contribution in [1.29, 1.82) is 0 Å². The second kappa shape index (κ2) is 7.75. The van der Waals surface area contributed by atoms with Gasteiger partial charge in [-0.1, -0.05) is 6.07 Å². The van der Waals surface area contributed by atoms with Gasteiger partial charge in [0.05, 0.1) is 6.54 Å². The molecular formula is C18H27N3O3. The van der Waals surface area contributed by atoms with Crippen LogP contribution in [0.4, 0.5) is 4.79 Å². The van der Waals surface area contributed by atoms with Crippen molar-refractivity contribution in [2.24, 2.45) is 0 Å². The lowest BCUT2D eigenvalue weighted by atomic mass is 10.0. The number of pyridine rings is 1. The second-order valence-corrected chi connectivity index (χ2v) is 7.26. The van der Waals surface area contributed by atoms with Crippen molar-refractivity contribution in [1.82, 2.24) is 14.8 Å². The van der Waals surface area contributed by atoms with Crippen LogP contribution in [0.15, 0.2) is 24.4 Å². The Bertz CT molecular complexity index is 569. The molecule has 0 N–H and O–H groups in total. The number of hydrogen-bond acceptors (Lipinski definition) is 5.